The Morgan fingerprint density at radius 2 is 2.15 bits per heavy atom. The summed E-state index contributed by atoms with van der Waals surface area (Å²) in [7, 11) is 0. The van der Waals surface area contributed by atoms with Crippen LogP contribution >= 0.6 is 0 Å². The Hall–Kier alpha value is -0.900. The van der Waals surface area contributed by atoms with Crippen molar-refractivity contribution in [2.24, 2.45) is 0 Å². The summed E-state index contributed by atoms with van der Waals surface area (Å²) < 4.78 is 0. The topological polar surface area (TPSA) is 57.6 Å². The standard InChI is InChI=1S/C7H13NO.C2H4O2/c1-2-8-5-3-4-7(9)6-8;1-2(3)4/h2-6H2,1H3;1H3,(H,3,4). The normalized spacial score (nSPS) is 17.5. The van der Waals surface area contributed by atoms with Crippen molar-refractivity contribution < 1.29 is 14.7 Å². The smallest absolute Gasteiger partial charge is 0.300 e. The summed E-state index contributed by atoms with van der Waals surface area (Å²) in [5, 5.41) is 7.42. The number of carboxylic acids is 1. The largest absolute Gasteiger partial charge is 0.481 e. The molecule has 0 spiro atoms. The molecular weight excluding hydrogens is 170 g/mol. The molecule has 13 heavy (non-hydrogen) atoms. The second kappa shape index (κ2) is 6.60. The number of likely N-dealkylation sites (tertiary alicyclic amines) is 1. The first-order valence-corrected chi connectivity index (χ1v) is 4.49. The van der Waals surface area contributed by atoms with Gasteiger partial charge in [-0.05, 0) is 19.5 Å². The molecule has 0 saturated carbocycles. The average Bonchev–Trinajstić information content (AvgIpc) is 2.03. The molecule has 0 aromatic carbocycles. The lowest BCUT2D eigenvalue weighted by molar-refractivity contribution is -0.134. The van der Waals surface area contributed by atoms with Gasteiger partial charge in [-0.15, -0.1) is 0 Å². The maximum atomic E-state index is 10.8. The number of piperidine rings is 1. The Balaban J connectivity index is 0.000000310. The van der Waals surface area contributed by atoms with Crippen molar-refractivity contribution in [3.8, 4) is 0 Å². The lowest BCUT2D eigenvalue weighted by Crippen LogP contribution is -2.35. The molecule has 1 heterocycles. The molecule has 4 heteroatoms. The number of hydrogen-bond acceptors (Lipinski definition) is 3. The van der Waals surface area contributed by atoms with Crippen LogP contribution in [0, 0.1) is 0 Å². The zero-order chi connectivity index (χ0) is 10.3. The van der Waals surface area contributed by atoms with Crippen molar-refractivity contribution in [2.45, 2.75) is 26.7 Å². The van der Waals surface area contributed by atoms with Crippen LogP contribution in [-0.2, 0) is 9.59 Å². The number of Topliss-reactive ketones (excluding diaryl/α,β-unsaturated/α-hetero) is 1. The van der Waals surface area contributed by atoms with Crippen molar-refractivity contribution in [3.05, 3.63) is 0 Å². The van der Waals surface area contributed by atoms with E-state index in [0.717, 1.165) is 32.9 Å². The first-order valence-electron chi connectivity index (χ1n) is 4.49. The molecule has 0 bridgehead atoms. The second-order valence-electron chi connectivity index (χ2n) is 3.03. The second-order valence-corrected chi connectivity index (χ2v) is 3.03. The first-order chi connectivity index (χ1) is 6.06. The molecule has 0 radical (unpaired) electrons. The number of rotatable bonds is 1. The fourth-order valence-electron chi connectivity index (χ4n) is 1.18. The van der Waals surface area contributed by atoms with Crippen LogP contribution in [0.2, 0.25) is 0 Å². The van der Waals surface area contributed by atoms with Crippen LogP contribution < -0.4 is 0 Å². The molecule has 4 nitrogen and oxygen atoms in total. The summed E-state index contributed by atoms with van der Waals surface area (Å²) in [6.07, 6.45) is 1.86. The molecule has 1 aliphatic rings. The minimum absolute atomic E-state index is 0.406. The SMILES string of the molecule is CC(=O)O.CCN1CCCC(=O)C1. The monoisotopic (exact) mass is 187 g/mol. The zero-order valence-corrected chi connectivity index (χ0v) is 8.25. The van der Waals surface area contributed by atoms with Crippen LogP contribution in [0.5, 0.6) is 0 Å². The molecule has 0 unspecified atom stereocenters. The molecular formula is C9H17NO3. The Morgan fingerprint density at radius 1 is 1.62 bits per heavy atom. The van der Waals surface area contributed by atoms with Gasteiger partial charge in [0.15, 0.2) is 0 Å². The van der Waals surface area contributed by atoms with Crippen molar-refractivity contribution in [1.29, 1.82) is 0 Å². The summed E-state index contributed by atoms with van der Waals surface area (Å²) in [5.74, 6) is -0.428. The van der Waals surface area contributed by atoms with Crippen molar-refractivity contribution in [1.82, 2.24) is 4.90 Å². The van der Waals surface area contributed by atoms with Gasteiger partial charge in [-0.1, -0.05) is 6.92 Å². The van der Waals surface area contributed by atoms with Crippen LogP contribution in [0.1, 0.15) is 26.7 Å². The fourth-order valence-corrected chi connectivity index (χ4v) is 1.18. The third-order valence-corrected chi connectivity index (χ3v) is 1.78. The Bertz CT molecular complexity index is 176. The van der Waals surface area contributed by atoms with E-state index in [1.807, 2.05) is 0 Å². The fraction of sp³-hybridized carbons (Fsp3) is 0.778. The molecule has 0 amide bonds. The van der Waals surface area contributed by atoms with Gasteiger partial charge in [0.1, 0.15) is 5.78 Å². The van der Waals surface area contributed by atoms with Gasteiger partial charge in [0, 0.05) is 13.3 Å². The van der Waals surface area contributed by atoms with Crippen molar-refractivity contribution >= 4 is 11.8 Å². The van der Waals surface area contributed by atoms with Gasteiger partial charge in [-0.3, -0.25) is 14.5 Å². The quantitative estimate of drug-likeness (QED) is 0.658. The first kappa shape index (κ1) is 12.1. The van der Waals surface area contributed by atoms with Gasteiger partial charge in [0.25, 0.3) is 5.97 Å². The predicted molar refractivity (Wildman–Crippen MR) is 49.7 cm³/mol. The minimum Gasteiger partial charge on any atom is -0.481 e. The number of carboxylic acid groups (broad SMARTS) is 1. The van der Waals surface area contributed by atoms with E-state index in [0.29, 0.717) is 12.3 Å². The maximum absolute atomic E-state index is 10.8. The van der Waals surface area contributed by atoms with Crippen LogP contribution in [-0.4, -0.2) is 41.4 Å². The number of hydrogen-bond donors (Lipinski definition) is 1. The summed E-state index contributed by atoms with van der Waals surface area (Å²) in [4.78, 5) is 22.0. The lowest BCUT2D eigenvalue weighted by Gasteiger charge is -2.23. The number of likely N-dealkylation sites (N-methyl/N-ethyl adjacent to an activating group) is 1. The van der Waals surface area contributed by atoms with Crippen molar-refractivity contribution in [3.63, 3.8) is 0 Å². The Kier molecular flexibility index (Phi) is 6.14. The number of carbonyl (C=O) groups excluding carboxylic acids is 1. The van der Waals surface area contributed by atoms with E-state index >= 15 is 0 Å². The molecule has 1 rings (SSSR count). The molecule has 1 N–H and O–H groups in total. The number of nitrogens with zero attached hydrogens (tertiary/aromatic N) is 1. The molecule has 1 saturated heterocycles. The third-order valence-electron chi connectivity index (χ3n) is 1.78. The van der Waals surface area contributed by atoms with Gasteiger partial charge >= 0.3 is 0 Å². The molecule has 76 valence electrons. The lowest BCUT2D eigenvalue weighted by atomic mass is 10.1. The van der Waals surface area contributed by atoms with E-state index in [9.17, 15) is 4.79 Å². The van der Waals surface area contributed by atoms with E-state index in [1.54, 1.807) is 0 Å². The highest BCUT2D eigenvalue weighted by atomic mass is 16.4. The molecule has 1 fully saturated rings. The highest BCUT2D eigenvalue weighted by Crippen LogP contribution is 2.03. The molecule has 0 atom stereocenters. The Morgan fingerprint density at radius 3 is 2.46 bits per heavy atom. The summed E-state index contributed by atoms with van der Waals surface area (Å²) in [6, 6.07) is 0. The molecule has 1 aliphatic heterocycles. The van der Waals surface area contributed by atoms with Crippen LogP contribution in [0.25, 0.3) is 0 Å². The van der Waals surface area contributed by atoms with Gasteiger partial charge in [0.05, 0.1) is 6.54 Å². The van der Waals surface area contributed by atoms with E-state index < -0.39 is 5.97 Å². The highest BCUT2D eigenvalue weighted by molar-refractivity contribution is 5.81. The van der Waals surface area contributed by atoms with E-state index in [2.05, 4.69) is 11.8 Å². The van der Waals surface area contributed by atoms with Crippen LogP contribution in [0.15, 0.2) is 0 Å². The Labute approximate surface area is 78.5 Å². The van der Waals surface area contributed by atoms with E-state index in [-0.39, 0.29) is 0 Å². The van der Waals surface area contributed by atoms with E-state index in [1.165, 1.54) is 0 Å². The molecule has 0 aromatic heterocycles. The van der Waals surface area contributed by atoms with Gasteiger partial charge in [-0.2, -0.15) is 0 Å². The third kappa shape index (κ3) is 7.46. The minimum atomic E-state index is -0.833. The number of carbonyl (C=O) groups is 2. The number of ketones is 1. The van der Waals surface area contributed by atoms with Gasteiger partial charge in [0.2, 0.25) is 0 Å². The van der Waals surface area contributed by atoms with Gasteiger partial charge < -0.3 is 5.11 Å². The summed E-state index contributed by atoms with van der Waals surface area (Å²) >= 11 is 0. The summed E-state index contributed by atoms with van der Waals surface area (Å²) in [6.45, 7) is 6.00. The zero-order valence-electron chi connectivity index (χ0n) is 8.25. The van der Waals surface area contributed by atoms with Crippen LogP contribution in [0.4, 0.5) is 0 Å². The molecule has 0 aliphatic carbocycles. The van der Waals surface area contributed by atoms with Crippen molar-refractivity contribution in [2.75, 3.05) is 19.6 Å². The average molecular weight is 187 g/mol. The maximum Gasteiger partial charge on any atom is 0.300 e. The van der Waals surface area contributed by atoms with Crippen LogP contribution in [0.3, 0.4) is 0 Å². The highest BCUT2D eigenvalue weighted by Gasteiger charge is 2.13. The molecule has 0 aromatic rings. The number of aliphatic carboxylic acids is 1. The predicted octanol–water partition coefficient (Wildman–Crippen LogP) is 0.762. The summed E-state index contributed by atoms with van der Waals surface area (Å²) in [5.41, 5.74) is 0. The van der Waals surface area contributed by atoms with Gasteiger partial charge in [-0.25, -0.2) is 0 Å². The van der Waals surface area contributed by atoms with E-state index in [4.69, 9.17) is 9.90 Å².